The molecule has 0 aliphatic carbocycles. The van der Waals surface area contributed by atoms with Crippen molar-refractivity contribution in [2.24, 2.45) is 7.05 Å². The normalized spacial score (nSPS) is 12.9. The minimum absolute atomic E-state index is 0.0596. The van der Waals surface area contributed by atoms with Gasteiger partial charge in [-0.2, -0.15) is 0 Å². The van der Waals surface area contributed by atoms with E-state index in [0.717, 1.165) is 5.56 Å². The number of aromatic nitrogens is 3. The third-order valence-corrected chi connectivity index (χ3v) is 4.10. The molecule has 0 aliphatic heterocycles. The van der Waals surface area contributed by atoms with E-state index in [9.17, 15) is 9.90 Å². The molecule has 0 radical (unpaired) electrons. The molecule has 1 aromatic carbocycles. The van der Waals surface area contributed by atoms with Crippen molar-refractivity contribution >= 4 is 17.7 Å². The Labute approximate surface area is 140 Å². The van der Waals surface area contributed by atoms with E-state index < -0.39 is 6.10 Å². The number of hydrogen-bond acceptors (Lipinski definition) is 5. The summed E-state index contributed by atoms with van der Waals surface area (Å²) in [7, 11) is 1.78. The van der Waals surface area contributed by atoms with E-state index in [-0.39, 0.29) is 17.2 Å². The van der Waals surface area contributed by atoms with Gasteiger partial charge in [-0.1, -0.05) is 42.1 Å². The number of benzene rings is 1. The molecule has 1 aromatic heterocycles. The molecule has 0 saturated carbocycles. The van der Waals surface area contributed by atoms with Gasteiger partial charge in [0.05, 0.1) is 5.75 Å². The van der Waals surface area contributed by atoms with E-state index >= 15 is 0 Å². The number of aliphatic hydroxyl groups excluding tert-OH is 1. The highest BCUT2D eigenvalue weighted by molar-refractivity contribution is 7.99. The SMILES string of the molecule is Cn1c(SCC(=O)NC(C)(C)C)nnc1[C@@H](O)c1ccccc1. The van der Waals surface area contributed by atoms with E-state index in [2.05, 4.69) is 15.5 Å². The number of carbonyl (C=O) groups is 1. The molecule has 6 nitrogen and oxygen atoms in total. The summed E-state index contributed by atoms with van der Waals surface area (Å²) in [6.45, 7) is 5.81. The molecular formula is C16H22N4O2S. The first-order chi connectivity index (χ1) is 10.8. The van der Waals surface area contributed by atoms with Gasteiger partial charge < -0.3 is 15.0 Å². The maximum atomic E-state index is 11.9. The molecule has 0 fully saturated rings. The molecule has 2 aromatic rings. The Morgan fingerprint density at radius 3 is 2.57 bits per heavy atom. The highest BCUT2D eigenvalue weighted by Crippen LogP contribution is 2.23. The minimum Gasteiger partial charge on any atom is -0.380 e. The first-order valence-corrected chi connectivity index (χ1v) is 8.32. The second-order valence-corrected chi connectivity index (χ2v) is 7.24. The number of rotatable bonds is 5. The molecule has 1 atom stereocenters. The van der Waals surface area contributed by atoms with Crippen LogP contribution in [0.2, 0.25) is 0 Å². The van der Waals surface area contributed by atoms with Crippen molar-refractivity contribution in [2.75, 3.05) is 5.75 Å². The summed E-state index contributed by atoms with van der Waals surface area (Å²) in [5, 5.41) is 22.0. The molecule has 0 bridgehead atoms. The summed E-state index contributed by atoms with van der Waals surface area (Å²) in [6.07, 6.45) is -0.841. The van der Waals surface area contributed by atoms with Crippen LogP contribution in [0.5, 0.6) is 0 Å². The number of aliphatic hydroxyl groups is 1. The Hall–Kier alpha value is -1.86. The Balaban J connectivity index is 2.04. The standard InChI is InChI=1S/C16H22N4O2S/c1-16(2,3)17-12(21)10-23-15-19-18-14(20(15)4)13(22)11-8-6-5-7-9-11/h5-9,13,22H,10H2,1-4H3,(H,17,21)/t13-/m0/s1. The lowest BCUT2D eigenvalue weighted by Gasteiger charge is -2.20. The Kier molecular flexibility index (Phi) is 5.43. The Bertz CT molecular complexity index is 664. The monoisotopic (exact) mass is 334 g/mol. The number of nitrogens with one attached hydrogen (secondary N) is 1. The second kappa shape index (κ2) is 7.14. The van der Waals surface area contributed by atoms with Gasteiger partial charge in [-0.25, -0.2) is 0 Å². The van der Waals surface area contributed by atoms with Crippen molar-refractivity contribution < 1.29 is 9.90 Å². The van der Waals surface area contributed by atoms with E-state index in [4.69, 9.17) is 0 Å². The van der Waals surface area contributed by atoms with Crippen molar-refractivity contribution in [3.63, 3.8) is 0 Å². The maximum absolute atomic E-state index is 11.9. The largest absolute Gasteiger partial charge is 0.380 e. The van der Waals surface area contributed by atoms with E-state index in [1.54, 1.807) is 11.6 Å². The number of amides is 1. The quantitative estimate of drug-likeness (QED) is 0.817. The summed E-state index contributed by atoms with van der Waals surface area (Å²) >= 11 is 1.30. The number of nitrogens with zero attached hydrogens (tertiary/aromatic N) is 3. The van der Waals surface area contributed by atoms with Crippen molar-refractivity contribution in [3.8, 4) is 0 Å². The van der Waals surface area contributed by atoms with Crippen LogP contribution < -0.4 is 5.32 Å². The van der Waals surface area contributed by atoms with Crippen LogP contribution in [0.3, 0.4) is 0 Å². The van der Waals surface area contributed by atoms with E-state index in [1.165, 1.54) is 11.8 Å². The van der Waals surface area contributed by atoms with Crippen LogP contribution in [0.1, 0.15) is 38.3 Å². The van der Waals surface area contributed by atoms with Crippen LogP contribution in [0.15, 0.2) is 35.5 Å². The third-order valence-electron chi connectivity index (χ3n) is 3.08. The number of thioether (sulfide) groups is 1. The molecule has 1 heterocycles. The van der Waals surface area contributed by atoms with Gasteiger partial charge in [0.25, 0.3) is 0 Å². The zero-order valence-corrected chi connectivity index (χ0v) is 14.6. The van der Waals surface area contributed by atoms with Gasteiger partial charge in [0, 0.05) is 12.6 Å². The molecule has 23 heavy (non-hydrogen) atoms. The van der Waals surface area contributed by atoms with Gasteiger partial charge in [-0.3, -0.25) is 4.79 Å². The summed E-state index contributed by atoms with van der Waals surface area (Å²) in [6, 6.07) is 9.29. The molecule has 2 N–H and O–H groups in total. The van der Waals surface area contributed by atoms with Crippen molar-refractivity contribution in [1.29, 1.82) is 0 Å². The number of hydrogen-bond donors (Lipinski definition) is 2. The predicted molar refractivity (Wildman–Crippen MR) is 90.1 cm³/mol. The molecule has 0 saturated heterocycles. The highest BCUT2D eigenvalue weighted by atomic mass is 32.2. The molecule has 7 heteroatoms. The van der Waals surface area contributed by atoms with Gasteiger partial charge in [0.15, 0.2) is 11.0 Å². The first-order valence-electron chi connectivity index (χ1n) is 7.34. The predicted octanol–water partition coefficient (Wildman–Crippen LogP) is 1.90. The van der Waals surface area contributed by atoms with Crippen molar-refractivity contribution in [1.82, 2.24) is 20.1 Å². The molecule has 2 rings (SSSR count). The van der Waals surface area contributed by atoms with Crippen LogP contribution in [-0.4, -0.2) is 37.1 Å². The fraction of sp³-hybridized carbons (Fsp3) is 0.438. The van der Waals surface area contributed by atoms with Gasteiger partial charge in [-0.15, -0.1) is 10.2 Å². The van der Waals surface area contributed by atoms with E-state index in [0.29, 0.717) is 11.0 Å². The van der Waals surface area contributed by atoms with Gasteiger partial charge in [0.2, 0.25) is 5.91 Å². The van der Waals surface area contributed by atoms with Gasteiger partial charge in [-0.05, 0) is 26.3 Å². The van der Waals surface area contributed by atoms with Crippen LogP contribution in [0.25, 0.3) is 0 Å². The summed E-state index contributed by atoms with van der Waals surface area (Å²) in [5.74, 6) is 0.649. The molecule has 0 spiro atoms. The Morgan fingerprint density at radius 1 is 1.30 bits per heavy atom. The lowest BCUT2D eigenvalue weighted by molar-refractivity contribution is -0.119. The maximum Gasteiger partial charge on any atom is 0.230 e. The lowest BCUT2D eigenvalue weighted by Crippen LogP contribution is -2.41. The smallest absolute Gasteiger partial charge is 0.230 e. The zero-order chi connectivity index (χ0) is 17.0. The molecule has 0 unspecified atom stereocenters. The van der Waals surface area contributed by atoms with Crippen molar-refractivity contribution in [3.05, 3.63) is 41.7 Å². The van der Waals surface area contributed by atoms with Crippen LogP contribution in [0.4, 0.5) is 0 Å². The number of carbonyl (C=O) groups excluding carboxylic acids is 1. The lowest BCUT2D eigenvalue weighted by atomic mass is 10.1. The first kappa shape index (κ1) is 17.5. The van der Waals surface area contributed by atoms with E-state index in [1.807, 2.05) is 51.1 Å². The van der Waals surface area contributed by atoms with Crippen LogP contribution in [0, 0.1) is 0 Å². The average molecular weight is 334 g/mol. The minimum atomic E-state index is -0.841. The molecular weight excluding hydrogens is 312 g/mol. The fourth-order valence-electron chi connectivity index (χ4n) is 2.06. The summed E-state index contributed by atoms with van der Waals surface area (Å²) < 4.78 is 1.71. The second-order valence-electron chi connectivity index (χ2n) is 6.30. The summed E-state index contributed by atoms with van der Waals surface area (Å²) in [5.41, 5.74) is 0.497. The Morgan fingerprint density at radius 2 is 1.96 bits per heavy atom. The van der Waals surface area contributed by atoms with Gasteiger partial charge >= 0.3 is 0 Å². The van der Waals surface area contributed by atoms with Crippen LogP contribution >= 0.6 is 11.8 Å². The zero-order valence-electron chi connectivity index (χ0n) is 13.8. The molecule has 0 aliphatic rings. The van der Waals surface area contributed by atoms with Crippen molar-refractivity contribution in [2.45, 2.75) is 37.6 Å². The average Bonchev–Trinajstić information content (AvgIpc) is 2.84. The topological polar surface area (TPSA) is 80.0 Å². The highest BCUT2D eigenvalue weighted by Gasteiger charge is 2.20. The third kappa shape index (κ3) is 4.80. The van der Waals surface area contributed by atoms with Crippen LogP contribution in [-0.2, 0) is 11.8 Å². The molecule has 1 amide bonds. The molecule has 124 valence electrons. The fourth-order valence-corrected chi connectivity index (χ4v) is 2.78. The summed E-state index contributed by atoms with van der Waals surface area (Å²) in [4.78, 5) is 11.9. The van der Waals surface area contributed by atoms with Gasteiger partial charge in [0.1, 0.15) is 6.10 Å².